The molecule has 1 aliphatic carbocycles. The summed E-state index contributed by atoms with van der Waals surface area (Å²) in [6.07, 6.45) is 6.13. The van der Waals surface area contributed by atoms with Gasteiger partial charge >= 0.3 is 12.0 Å². The highest BCUT2D eigenvalue weighted by molar-refractivity contribution is 5.92. The molecule has 0 spiro atoms. The lowest BCUT2D eigenvalue weighted by atomic mass is 10.2. The van der Waals surface area contributed by atoms with Crippen LogP contribution < -0.4 is 10.6 Å². The van der Waals surface area contributed by atoms with Gasteiger partial charge in [-0.05, 0) is 25.3 Å². The summed E-state index contributed by atoms with van der Waals surface area (Å²) >= 11 is 0. The molecule has 1 aliphatic rings. The van der Waals surface area contributed by atoms with Crippen LogP contribution in [-0.2, 0) is 0 Å². The SMILES string of the molecule is CC(CC1CC1)NC(=O)Nc1cncc(C(=O)O)c1. The first kappa shape index (κ1) is 13.3. The van der Waals surface area contributed by atoms with Gasteiger partial charge in [0.2, 0.25) is 0 Å². The number of amides is 2. The molecule has 0 radical (unpaired) electrons. The number of rotatable bonds is 5. The fraction of sp³-hybridized carbons (Fsp3) is 0.462. The molecule has 1 fully saturated rings. The molecule has 0 aliphatic heterocycles. The van der Waals surface area contributed by atoms with Gasteiger partial charge in [-0.2, -0.15) is 0 Å². The summed E-state index contributed by atoms with van der Waals surface area (Å²) in [5.74, 6) is -0.328. The third-order valence-corrected chi connectivity index (χ3v) is 3.00. The van der Waals surface area contributed by atoms with E-state index in [1.54, 1.807) is 0 Å². The van der Waals surface area contributed by atoms with E-state index in [1.807, 2.05) is 6.92 Å². The number of urea groups is 1. The fourth-order valence-electron chi connectivity index (χ4n) is 1.93. The van der Waals surface area contributed by atoms with Crippen molar-refractivity contribution in [3.05, 3.63) is 24.0 Å². The van der Waals surface area contributed by atoms with Crippen LogP contribution in [0.5, 0.6) is 0 Å². The highest BCUT2D eigenvalue weighted by Gasteiger charge is 2.24. The van der Waals surface area contributed by atoms with Crippen molar-refractivity contribution in [2.24, 2.45) is 5.92 Å². The van der Waals surface area contributed by atoms with E-state index in [1.165, 1.54) is 31.3 Å². The van der Waals surface area contributed by atoms with Gasteiger partial charge in [0, 0.05) is 12.2 Å². The van der Waals surface area contributed by atoms with Crippen LogP contribution in [0.3, 0.4) is 0 Å². The van der Waals surface area contributed by atoms with Crippen LogP contribution in [0, 0.1) is 5.92 Å². The van der Waals surface area contributed by atoms with Crippen molar-refractivity contribution in [1.82, 2.24) is 10.3 Å². The highest BCUT2D eigenvalue weighted by Crippen LogP contribution is 2.33. The summed E-state index contributed by atoms with van der Waals surface area (Å²) in [5.41, 5.74) is 0.417. The summed E-state index contributed by atoms with van der Waals surface area (Å²) in [4.78, 5) is 26.3. The van der Waals surface area contributed by atoms with Crippen LogP contribution in [0.4, 0.5) is 10.5 Å². The highest BCUT2D eigenvalue weighted by atomic mass is 16.4. The van der Waals surface area contributed by atoms with Gasteiger partial charge in [0.25, 0.3) is 0 Å². The summed E-state index contributed by atoms with van der Waals surface area (Å²) in [6, 6.07) is 1.15. The summed E-state index contributed by atoms with van der Waals surface area (Å²) in [7, 11) is 0. The molecule has 2 rings (SSSR count). The summed E-state index contributed by atoms with van der Waals surface area (Å²) in [6.45, 7) is 1.96. The van der Waals surface area contributed by atoms with Crippen molar-refractivity contribution in [2.75, 3.05) is 5.32 Å². The van der Waals surface area contributed by atoms with Gasteiger partial charge in [-0.3, -0.25) is 4.98 Å². The van der Waals surface area contributed by atoms with Crippen molar-refractivity contribution in [3.8, 4) is 0 Å². The Morgan fingerprint density at radius 1 is 1.47 bits per heavy atom. The molecule has 1 aromatic rings. The molecule has 3 N–H and O–H groups in total. The van der Waals surface area contributed by atoms with Crippen LogP contribution in [0.2, 0.25) is 0 Å². The van der Waals surface area contributed by atoms with Gasteiger partial charge < -0.3 is 15.7 Å². The van der Waals surface area contributed by atoms with Crippen LogP contribution in [0.25, 0.3) is 0 Å². The van der Waals surface area contributed by atoms with E-state index in [-0.39, 0.29) is 17.6 Å². The summed E-state index contributed by atoms with van der Waals surface area (Å²) < 4.78 is 0. The lowest BCUT2D eigenvalue weighted by Gasteiger charge is -2.14. The van der Waals surface area contributed by atoms with E-state index in [0.717, 1.165) is 12.3 Å². The zero-order valence-electron chi connectivity index (χ0n) is 10.7. The number of hydrogen-bond donors (Lipinski definition) is 3. The number of nitrogens with zero attached hydrogens (tertiary/aromatic N) is 1. The second kappa shape index (κ2) is 5.69. The molecular formula is C13H17N3O3. The molecule has 0 saturated heterocycles. The lowest BCUT2D eigenvalue weighted by Crippen LogP contribution is -2.36. The van der Waals surface area contributed by atoms with Gasteiger partial charge in [-0.15, -0.1) is 0 Å². The van der Waals surface area contributed by atoms with E-state index in [0.29, 0.717) is 5.69 Å². The zero-order chi connectivity index (χ0) is 13.8. The van der Waals surface area contributed by atoms with Gasteiger partial charge in [-0.1, -0.05) is 12.8 Å². The van der Waals surface area contributed by atoms with E-state index in [9.17, 15) is 9.59 Å². The second-order valence-electron chi connectivity index (χ2n) is 4.95. The quantitative estimate of drug-likeness (QED) is 0.758. The molecule has 0 aromatic carbocycles. The van der Waals surface area contributed by atoms with Crippen LogP contribution in [0.15, 0.2) is 18.5 Å². The second-order valence-corrected chi connectivity index (χ2v) is 4.95. The minimum Gasteiger partial charge on any atom is -0.478 e. The molecule has 6 nitrogen and oxygen atoms in total. The minimum atomic E-state index is -1.07. The largest absolute Gasteiger partial charge is 0.478 e. The number of aromatic nitrogens is 1. The van der Waals surface area contributed by atoms with Gasteiger partial charge in [0.1, 0.15) is 0 Å². The third kappa shape index (κ3) is 4.24. The molecular weight excluding hydrogens is 246 g/mol. The molecule has 1 heterocycles. The number of hydrogen-bond acceptors (Lipinski definition) is 3. The van der Waals surface area contributed by atoms with E-state index < -0.39 is 5.97 Å². The summed E-state index contributed by atoms with van der Waals surface area (Å²) in [5, 5.41) is 14.2. The third-order valence-electron chi connectivity index (χ3n) is 3.00. The predicted molar refractivity (Wildman–Crippen MR) is 70.2 cm³/mol. The molecule has 0 bridgehead atoms. The molecule has 6 heteroatoms. The first-order valence-electron chi connectivity index (χ1n) is 6.30. The molecule has 1 saturated carbocycles. The van der Waals surface area contributed by atoms with Crippen molar-refractivity contribution in [3.63, 3.8) is 0 Å². The Balaban J connectivity index is 1.86. The molecule has 1 atom stereocenters. The Hall–Kier alpha value is -2.11. The Bertz CT molecular complexity index is 486. The lowest BCUT2D eigenvalue weighted by molar-refractivity contribution is 0.0696. The molecule has 1 aromatic heterocycles. The Morgan fingerprint density at radius 2 is 2.21 bits per heavy atom. The Morgan fingerprint density at radius 3 is 2.84 bits per heavy atom. The number of carbonyl (C=O) groups is 2. The number of anilines is 1. The standard InChI is InChI=1S/C13H17N3O3/c1-8(4-9-2-3-9)15-13(19)16-11-5-10(12(17)18)6-14-7-11/h5-9H,2-4H2,1H3,(H,17,18)(H2,15,16,19). The normalized spacial score (nSPS) is 15.6. The fourth-order valence-corrected chi connectivity index (χ4v) is 1.93. The zero-order valence-corrected chi connectivity index (χ0v) is 10.7. The van der Waals surface area contributed by atoms with E-state index in [4.69, 9.17) is 5.11 Å². The topological polar surface area (TPSA) is 91.3 Å². The number of nitrogens with one attached hydrogen (secondary N) is 2. The smallest absolute Gasteiger partial charge is 0.337 e. The number of aromatic carboxylic acids is 1. The first-order valence-corrected chi connectivity index (χ1v) is 6.30. The van der Waals surface area contributed by atoms with Crippen molar-refractivity contribution >= 4 is 17.7 Å². The molecule has 1 unspecified atom stereocenters. The maximum Gasteiger partial charge on any atom is 0.337 e. The van der Waals surface area contributed by atoms with Gasteiger partial charge in [0.05, 0.1) is 17.4 Å². The Labute approximate surface area is 111 Å². The number of carboxylic acids is 1. The average Bonchev–Trinajstić information content (AvgIpc) is 3.12. The van der Waals surface area contributed by atoms with Crippen LogP contribution in [0.1, 0.15) is 36.5 Å². The molecule has 19 heavy (non-hydrogen) atoms. The first-order chi connectivity index (χ1) is 9.04. The van der Waals surface area contributed by atoms with Gasteiger partial charge in [0.15, 0.2) is 0 Å². The van der Waals surface area contributed by atoms with Crippen molar-refractivity contribution in [2.45, 2.75) is 32.2 Å². The number of carboxylic acid groups (broad SMARTS) is 1. The maximum absolute atomic E-state index is 11.7. The monoisotopic (exact) mass is 263 g/mol. The predicted octanol–water partition coefficient (Wildman–Crippen LogP) is 2.09. The van der Waals surface area contributed by atoms with Crippen LogP contribution in [-0.4, -0.2) is 28.1 Å². The minimum absolute atomic E-state index is 0.0452. The molecule has 2 amide bonds. The number of pyridine rings is 1. The van der Waals surface area contributed by atoms with Crippen LogP contribution >= 0.6 is 0 Å². The van der Waals surface area contributed by atoms with Gasteiger partial charge in [-0.25, -0.2) is 9.59 Å². The molecule has 102 valence electrons. The van der Waals surface area contributed by atoms with Crippen molar-refractivity contribution < 1.29 is 14.7 Å². The Kier molecular flexibility index (Phi) is 3.99. The van der Waals surface area contributed by atoms with Crippen molar-refractivity contribution in [1.29, 1.82) is 0 Å². The number of carbonyl (C=O) groups excluding carboxylic acids is 1. The maximum atomic E-state index is 11.7. The average molecular weight is 263 g/mol. The van der Waals surface area contributed by atoms with E-state index in [2.05, 4.69) is 15.6 Å². The van der Waals surface area contributed by atoms with E-state index >= 15 is 0 Å².